The molecular weight excluding hydrogens is 280 g/mol. The molecule has 1 aromatic carbocycles. The Balaban J connectivity index is 1.82. The van der Waals surface area contributed by atoms with Crippen molar-refractivity contribution in [3.63, 3.8) is 0 Å². The minimum absolute atomic E-state index is 0.00618. The van der Waals surface area contributed by atoms with Crippen molar-refractivity contribution in [2.45, 2.75) is 12.8 Å². The number of pyridine rings is 1. The van der Waals surface area contributed by atoms with E-state index in [1.165, 1.54) is 0 Å². The monoisotopic (exact) mass is 300 g/mol. The third-order valence-corrected chi connectivity index (χ3v) is 3.30. The van der Waals surface area contributed by atoms with Crippen LogP contribution in [-0.4, -0.2) is 31.7 Å². The largest absolute Gasteiger partial charge is 0.493 e. The first kappa shape index (κ1) is 15.8. The van der Waals surface area contributed by atoms with Gasteiger partial charge in [-0.3, -0.25) is 9.78 Å². The highest BCUT2D eigenvalue weighted by Crippen LogP contribution is 2.27. The van der Waals surface area contributed by atoms with Gasteiger partial charge in [-0.2, -0.15) is 0 Å². The van der Waals surface area contributed by atoms with E-state index in [0.717, 1.165) is 17.5 Å². The van der Waals surface area contributed by atoms with Crippen molar-refractivity contribution >= 4 is 5.91 Å². The summed E-state index contributed by atoms with van der Waals surface area (Å²) in [6, 6.07) is 9.44. The van der Waals surface area contributed by atoms with Crippen LogP contribution >= 0.6 is 0 Å². The molecule has 5 nitrogen and oxygen atoms in total. The summed E-state index contributed by atoms with van der Waals surface area (Å²) in [6.07, 6.45) is 4.48. The second kappa shape index (κ2) is 8.02. The topological polar surface area (TPSA) is 60.5 Å². The van der Waals surface area contributed by atoms with Crippen LogP contribution in [0.5, 0.6) is 11.5 Å². The molecule has 0 atom stereocenters. The van der Waals surface area contributed by atoms with E-state index in [1.807, 2.05) is 30.3 Å². The zero-order valence-electron chi connectivity index (χ0n) is 12.8. The lowest BCUT2D eigenvalue weighted by atomic mass is 10.1. The number of methoxy groups -OCH3 is 2. The summed E-state index contributed by atoms with van der Waals surface area (Å²) in [7, 11) is 3.22. The number of nitrogens with zero attached hydrogens (tertiary/aromatic N) is 1. The van der Waals surface area contributed by atoms with Gasteiger partial charge in [0, 0.05) is 18.9 Å². The molecule has 0 spiro atoms. The molecule has 2 aromatic rings. The molecular formula is C17H20N2O3. The molecule has 2 rings (SSSR count). The van der Waals surface area contributed by atoms with E-state index in [9.17, 15) is 4.79 Å². The van der Waals surface area contributed by atoms with Gasteiger partial charge in [0.15, 0.2) is 11.5 Å². The number of benzene rings is 1. The van der Waals surface area contributed by atoms with Crippen LogP contribution in [0.1, 0.15) is 11.1 Å². The van der Waals surface area contributed by atoms with Crippen molar-refractivity contribution in [1.82, 2.24) is 10.3 Å². The van der Waals surface area contributed by atoms with Crippen LogP contribution in [-0.2, 0) is 17.6 Å². The van der Waals surface area contributed by atoms with Crippen LogP contribution in [0.3, 0.4) is 0 Å². The number of carbonyl (C=O) groups excluding carboxylic acids is 1. The molecule has 0 aliphatic carbocycles. The maximum Gasteiger partial charge on any atom is 0.224 e. The third-order valence-electron chi connectivity index (χ3n) is 3.30. The van der Waals surface area contributed by atoms with Gasteiger partial charge in [0.2, 0.25) is 5.91 Å². The molecule has 1 heterocycles. The van der Waals surface area contributed by atoms with Crippen LogP contribution in [0.25, 0.3) is 0 Å². The summed E-state index contributed by atoms with van der Waals surface area (Å²) in [6.45, 7) is 0.583. The summed E-state index contributed by atoms with van der Waals surface area (Å²) < 4.78 is 10.5. The second-order valence-corrected chi connectivity index (χ2v) is 4.82. The van der Waals surface area contributed by atoms with E-state index >= 15 is 0 Å². The lowest BCUT2D eigenvalue weighted by Crippen LogP contribution is -2.27. The molecule has 0 aliphatic rings. The summed E-state index contributed by atoms with van der Waals surface area (Å²) >= 11 is 0. The molecule has 1 N–H and O–H groups in total. The maximum absolute atomic E-state index is 11.9. The predicted octanol–water partition coefficient (Wildman–Crippen LogP) is 2.00. The molecule has 0 aliphatic heterocycles. The number of carbonyl (C=O) groups is 1. The minimum Gasteiger partial charge on any atom is -0.493 e. The minimum atomic E-state index is 0.00618. The van der Waals surface area contributed by atoms with E-state index in [2.05, 4.69) is 10.3 Å². The Kier molecular flexibility index (Phi) is 5.77. The number of hydrogen-bond donors (Lipinski definition) is 1. The number of ether oxygens (including phenoxy) is 2. The van der Waals surface area contributed by atoms with Gasteiger partial charge in [-0.25, -0.2) is 0 Å². The number of amides is 1. The first-order valence-electron chi connectivity index (χ1n) is 7.09. The van der Waals surface area contributed by atoms with Crippen LogP contribution in [0.2, 0.25) is 0 Å². The van der Waals surface area contributed by atoms with Crippen molar-refractivity contribution in [3.8, 4) is 11.5 Å². The summed E-state index contributed by atoms with van der Waals surface area (Å²) in [5, 5.41) is 2.91. The average Bonchev–Trinajstić information content (AvgIpc) is 2.55. The van der Waals surface area contributed by atoms with Gasteiger partial charge in [-0.1, -0.05) is 6.07 Å². The Hall–Kier alpha value is -2.56. The maximum atomic E-state index is 11.9. The third kappa shape index (κ3) is 4.48. The summed E-state index contributed by atoms with van der Waals surface area (Å²) in [5.41, 5.74) is 2.04. The predicted molar refractivity (Wildman–Crippen MR) is 84.2 cm³/mol. The molecule has 0 unspecified atom stereocenters. The second-order valence-electron chi connectivity index (χ2n) is 4.82. The number of aromatic nitrogens is 1. The number of rotatable bonds is 7. The Morgan fingerprint density at radius 1 is 1.05 bits per heavy atom. The Morgan fingerprint density at radius 2 is 1.77 bits per heavy atom. The quantitative estimate of drug-likeness (QED) is 0.849. The van der Waals surface area contributed by atoms with Crippen molar-refractivity contribution in [2.24, 2.45) is 0 Å². The standard InChI is InChI=1S/C17H20N2O3/c1-21-15-4-3-13(11-16(15)22-2)7-10-19-17(20)12-14-5-8-18-9-6-14/h3-6,8-9,11H,7,10,12H2,1-2H3,(H,19,20). The first-order valence-corrected chi connectivity index (χ1v) is 7.09. The molecule has 0 saturated heterocycles. The van der Waals surface area contributed by atoms with Gasteiger partial charge in [0.25, 0.3) is 0 Å². The highest BCUT2D eigenvalue weighted by Gasteiger charge is 2.06. The fourth-order valence-electron chi connectivity index (χ4n) is 2.13. The first-order chi connectivity index (χ1) is 10.7. The van der Waals surface area contributed by atoms with Gasteiger partial charge in [0.05, 0.1) is 20.6 Å². The molecule has 0 saturated carbocycles. The number of nitrogens with one attached hydrogen (secondary N) is 1. The molecule has 1 amide bonds. The van der Waals surface area contributed by atoms with E-state index in [4.69, 9.17) is 9.47 Å². The lowest BCUT2D eigenvalue weighted by Gasteiger charge is -2.10. The van der Waals surface area contributed by atoms with E-state index in [0.29, 0.717) is 24.5 Å². The molecule has 0 radical (unpaired) electrons. The van der Waals surface area contributed by atoms with Gasteiger partial charge in [-0.05, 0) is 41.8 Å². The molecule has 5 heteroatoms. The molecule has 116 valence electrons. The van der Waals surface area contributed by atoms with Gasteiger partial charge in [-0.15, -0.1) is 0 Å². The SMILES string of the molecule is COc1ccc(CCNC(=O)Cc2ccncc2)cc1OC. The van der Waals surface area contributed by atoms with Gasteiger partial charge < -0.3 is 14.8 Å². The zero-order valence-corrected chi connectivity index (χ0v) is 12.8. The van der Waals surface area contributed by atoms with Crippen LogP contribution in [0, 0.1) is 0 Å². The summed E-state index contributed by atoms with van der Waals surface area (Å²) in [5.74, 6) is 1.41. The van der Waals surface area contributed by atoms with Gasteiger partial charge >= 0.3 is 0 Å². The highest BCUT2D eigenvalue weighted by molar-refractivity contribution is 5.78. The Morgan fingerprint density at radius 3 is 2.45 bits per heavy atom. The van der Waals surface area contributed by atoms with Gasteiger partial charge in [0.1, 0.15) is 0 Å². The van der Waals surface area contributed by atoms with E-state index in [-0.39, 0.29) is 5.91 Å². The van der Waals surface area contributed by atoms with Crippen molar-refractivity contribution < 1.29 is 14.3 Å². The van der Waals surface area contributed by atoms with Crippen molar-refractivity contribution in [1.29, 1.82) is 0 Å². The summed E-state index contributed by atoms with van der Waals surface area (Å²) in [4.78, 5) is 15.8. The molecule has 0 bridgehead atoms. The average molecular weight is 300 g/mol. The Labute approximate surface area is 130 Å². The number of hydrogen-bond acceptors (Lipinski definition) is 4. The van der Waals surface area contributed by atoms with Crippen LogP contribution in [0.15, 0.2) is 42.7 Å². The Bertz CT molecular complexity index is 615. The normalized spacial score (nSPS) is 10.1. The van der Waals surface area contributed by atoms with Crippen LogP contribution < -0.4 is 14.8 Å². The highest BCUT2D eigenvalue weighted by atomic mass is 16.5. The molecule has 0 fully saturated rings. The fraction of sp³-hybridized carbons (Fsp3) is 0.294. The lowest BCUT2D eigenvalue weighted by molar-refractivity contribution is -0.120. The van der Waals surface area contributed by atoms with E-state index in [1.54, 1.807) is 26.6 Å². The zero-order chi connectivity index (χ0) is 15.8. The molecule has 1 aromatic heterocycles. The fourth-order valence-corrected chi connectivity index (χ4v) is 2.13. The van der Waals surface area contributed by atoms with Crippen molar-refractivity contribution in [2.75, 3.05) is 20.8 Å². The van der Waals surface area contributed by atoms with Crippen LogP contribution in [0.4, 0.5) is 0 Å². The van der Waals surface area contributed by atoms with Crippen molar-refractivity contribution in [3.05, 3.63) is 53.9 Å². The smallest absolute Gasteiger partial charge is 0.224 e. The molecule has 22 heavy (non-hydrogen) atoms. The van der Waals surface area contributed by atoms with E-state index < -0.39 is 0 Å².